The van der Waals surface area contributed by atoms with Crippen molar-refractivity contribution in [2.75, 3.05) is 0 Å². The zero-order chi connectivity index (χ0) is 53.9. The molecule has 0 radical (unpaired) electrons. The van der Waals surface area contributed by atoms with Crippen LogP contribution in [0.5, 0.6) is 0 Å². The smallest absolute Gasteiger partial charge is 0.0541 e. The zero-order valence-electron chi connectivity index (χ0n) is 46.0. The molecule has 0 unspecified atom stereocenters. The van der Waals surface area contributed by atoms with Crippen LogP contribution >= 0.6 is 0 Å². The Balaban J connectivity index is 0.645. The zero-order valence-corrected chi connectivity index (χ0v) is 46.0. The van der Waals surface area contributed by atoms with Gasteiger partial charge in [0.15, 0.2) is 0 Å². The third-order valence-electron chi connectivity index (χ3n) is 19.6. The van der Waals surface area contributed by atoms with E-state index in [1.807, 2.05) is 0 Å². The van der Waals surface area contributed by atoms with E-state index in [-0.39, 0.29) is 10.8 Å². The summed E-state index contributed by atoms with van der Waals surface area (Å²) in [6, 6.07) is 91.4. The monoisotopic (exact) mass is 1050 g/mol. The van der Waals surface area contributed by atoms with Gasteiger partial charge in [0.25, 0.3) is 0 Å². The molecule has 0 amide bonds. The van der Waals surface area contributed by atoms with Crippen LogP contribution < -0.4 is 0 Å². The number of nitrogens with zero attached hydrogens (tertiary/aromatic N) is 2. The van der Waals surface area contributed by atoms with Crippen molar-refractivity contribution in [2.45, 2.75) is 62.2 Å². The first kappa shape index (κ1) is 47.3. The van der Waals surface area contributed by atoms with Crippen LogP contribution in [0.2, 0.25) is 0 Å². The van der Waals surface area contributed by atoms with Crippen molar-refractivity contribution in [3.05, 3.63) is 287 Å². The van der Waals surface area contributed by atoms with Gasteiger partial charge in [-0.3, -0.25) is 0 Å². The lowest BCUT2D eigenvalue weighted by Gasteiger charge is -2.29. The molecular weight excluding hydrogens is 989 g/mol. The quantitative estimate of drug-likeness (QED) is 0.134. The van der Waals surface area contributed by atoms with Gasteiger partial charge in [-0.25, -0.2) is 0 Å². The number of benzene rings is 11. The highest BCUT2D eigenvalue weighted by Crippen LogP contribution is 2.63. The van der Waals surface area contributed by atoms with Crippen LogP contribution in [0.4, 0.5) is 0 Å². The molecule has 2 nitrogen and oxygen atoms in total. The lowest BCUT2D eigenvalue weighted by molar-refractivity contribution is 0.544. The van der Waals surface area contributed by atoms with E-state index in [0.717, 1.165) is 0 Å². The van der Waals surface area contributed by atoms with Crippen molar-refractivity contribution in [2.24, 2.45) is 0 Å². The van der Waals surface area contributed by atoms with Crippen LogP contribution in [-0.2, 0) is 10.8 Å². The standard InChI is InChI=1S/C80H60N2/c1-3-15-61(16-4-1)81-75-21-9-7-19-65(75)69-47-55(31-41-77(69)81)25-23-53-27-33-57(34-28-53)59-37-39-63-67-51-74-68(52-73(67)79(71(63)49-59)43-11-12-44-79)64-40-38-60(50-72(64)80(74)45-13-14-46-80)58-35-29-54(30-36-58)24-26-56-32-42-78-70(48-56)66-20-8-10-22-76(66)82(78)62-17-5-2-6-18-62/h1-10,15-42,47-52H,11-14,43-46H2/b25-23+,26-24+. The Morgan fingerprint density at radius 1 is 0.256 bits per heavy atom. The van der Waals surface area contributed by atoms with Gasteiger partial charge < -0.3 is 9.13 Å². The predicted octanol–water partition coefficient (Wildman–Crippen LogP) is 21.2. The highest BCUT2D eigenvalue weighted by atomic mass is 15.0. The minimum Gasteiger partial charge on any atom is -0.309 e. The molecule has 2 aromatic heterocycles. The summed E-state index contributed by atoms with van der Waals surface area (Å²) in [5.41, 5.74) is 29.6. The lowest BCUT2D eigenvalue weighted by atomic mass is 9.74. The number of para-hydroxylation sites is 4. The summed E-state index contributed by atoms with van der Waals surface area (Å²) in [4.78, 5) is 0. The second kappa shape index (κ2) is 18.5. The Morgan fingerprint density at radius 2 is 0.598 bits per heavy atom. The second-order valence-corrected chi connectivity index (χ2v) is 23.9. The fourth-order valence-electron chi connectivity index (χ4n) is 15.7. The maximum absolute atomic E-state index is 2.70. The number of hydrogen-bond donors (Lipinski definition) is 0. The van der Waals surface area contributed by atoms with E-state index in [4.69, 9.17) is 0 Å². The molecule has 82 heavy (non-hydrogen) atoms. The molecule has 2 saturated carbocycles. The molecule has 17 rings (SSSR count). The van der Waals surface area contributed by atoms with Gasteiger partial charge in [-0.05, 0) is 200 Å². The molecule has 11 aromatic carbocycles. The molecule has 0 saturated heterocycles. The van der Waals surface area contributed by atoms with Gasteiger partial charge in [-0.2, -0.15) is 0 Å². The van der Waals surface area contributed by atoms with Gasteiger partial charge >= 0.3 is 0 Å². The first-order valence-electron chi connectivity index (χ1n) is 29.8. The van der Waals surface area contributed by atoms with Crippen LogP contribution in [0.25, 0.3) is 124 Å². The van der Waals surface area contributed by atoms with Crippen molar-refractivity contribution in [3.63, 3.8) is 0 Å². The van der Waals surface area contributed by atoms with Crippen molar-refractivity contribution in [3.8, 4) is 55.9 Å². The predicted molar refractivity (Wildman–Crippen MR) is 346 cm³/mol. The third-order valence-corrected chi connectivity index (χ3v) is 19.6. The van der Waals surface area contributed by atoms with Crippen molar-refractivity contribution in [1.82, 2.24) is 9.13 Å². The molecule has 0 aliphatic heterocycles. The molecule has 13 aromatic rings. The first-order valence-corrected chi connectivity index (χ1v) is 29.8. The van der Waals surface area contributed by atoms with Gasteiger partial charge in [0.2, 0.25) is 0 Å². The number of fused-ring (bicyclic) bond motifs is 16. The fraction of sp³-hybridized carbons (Fsp3) is 0.125. The van der Waals surface area contributed by atoms with Crippen molar-refractivity contribution in [1.29, 1.82) is 0 Å². The van der Waals surface area contributed by atoms with E-state index in [9.17, 15) is 0 Å². The van der Waals surface area contributed by atoms with Crippen LogP contribution in [0.1, 0.15) is 95.9 Å². The summed E-state index contributed by atoms with van der Waals surface area (Å²) in [5, 5.41) is 5.10. The number of rotatable bonds is 8. The van der Waals surface area contributed by atoms with Crippen molar-refractivity contribution < 1.29 is 0 Å². The van der Waals surface area contributed by atoms with Crippen LogP contribution in [0.3, 0.4) is 0 Å². The van der Waals surface area contributed by atoms with Crippen LogP contribution in [0.15, 0.2) is 243 Å². The van der Waals surface area contributed by atoms with Gasteiger partial charge in [0.05, 0.1) is 22.1 Å². The highest BCUT2D eigenvalue weighted by Gasteiger charge is 2.50. The van der Waals surface area contributed by atoms with Crippen LogP contribution in [0, 0.1) is 0 Å². The van der Waals surface area contributed by atoms with E-state index < -0.39 is 0 Å². The average molecular weight is 1050 g/mol. The first-order chi connectivity index (χ1) is 40.6. The molecule has 4 aliphatic rings. The maximum Gasteiger partial charge on any atom is 0.0541 e. The summed E-state index contributed by atoms with van der Waals surface area (Å²) >= 11 is 0. The summed E-state index contributed by atoms with van der Waals surface area (Å²) in [5.74, 6) is 0. The molecule has 0 atom stereocenters. The normalized spacial score (nSPS) is 15.5. The Kier molecular flexibility index (Phi) is 10.7. The summed E-state index contributed by atoms with van der Waals surface area (Å²) in [6.45, 7) is 0. The van der Waals surface area contributed by atoms with E-state index in [1.165, 1.54) is 173 Å². The Labute approximate surface area is 479 Å². The second-order valence-electron chi connectivity index (χ2n) is 23.9. The van der Waals surface area contributed by atoms with Gasteiger partial charge in [0, 0.05) is 43.7 Å². The molecule has 2 heteroatoms. The summed E-state index contributed by atoms with van der Waals surface area (Å²) in [7, 11) is 0. The van der Waals surface area contributed by atoms with Gasteiger partial charge in [-0.15, -0.1) is 0 Å². The maximum atomic E-state index is 2.70. The van der Waals surface area contributed by atoms with E-state index in [0.29, 0.717) is 0 Å². The number of aromatic nitrogens is 2. The molecular formula is C80H60N2. The largest absolute Gasteiger partial charge is 0.309 e. The average Bonchev–Trinajstić information content (AvgIpc) is 2.09. The Hall–Kier alpha value is -9.50. The molecule has 2 heterocycles. The summed E-state index contributed by atoms with van der Waals surface area (Å²) < 4.78 is 4.76. The van der Waals surface area contributed by atoms with E-state index in [2.05, 4.69) is 276 Å². The lowest BCUT2D eigenvalue weighted by Crippen LogP contribution is -2.22. The minimum atomic E-state index is 0.0597. The number of hydrogen-bond acceptors (Lipinski definition) is 0. The SMILES string of the molecule is C(=C\c1ccc2c(c1)c1ccccc1n2-c1ccccc1)/c1ccc(-c2ccc3c(c2)C2(CCCC2)c2cc4c(cc2-3)C2(CCCC2)c2cc(-c3ccc(/C=C/c5ccc6c(c5)c5ccccc5n6-c5ccccc5)cc3)ccc2-4)cc1. The third kappa shape index (κ3) is 7.27. The minimum absolute atomic E-state index is 0.0597. The fourth-order valence-corrected chi connectivity index (χ4v) is 15.7. The summed E-state index contributed by atoms with van der Waals surface area (Å²) in [6.07, 6.45) is 19.0. The Morgan fingerprint density at radius 3 is 1.02 bits per heavy atom. The van der Waals surface area contributed by atoms with Crippen LogP contribution in [-0.4, -0.2) is 9.13 Å². The molecule has 2 fully saturated rings. The molecule has 2 spiro atoms. The topological polar surface area (TPSA) is 9.86 Å². The van der Waals surface area contributed by atoms with Gasteiger partial charge in [-0.1, -0.05) is 208 Å². The Bertz CT molecular complexity index is 4460. The van der Waals surface area contributed by atoms with E-state index >= 15 is 0 Å². The van der Waals surface area contributed by atoms with Gasteiger partial charge in [0.1, 0.15) is 0 Å². The molecule has 390 valence electrons. The van der Waals surface area contributed by atoms with Crippen molar-refractivity contribution >= 4 is 67.9 Å². The molecule has 0 N–H and O–H groups in total. The molecule has 4 aliphatic carbocycles. The highest BCUT2D eigenvalue weighted by molar-refractivity contribution is 6.11. The molecule has 0 bridgehead atoms. The van der Waals surface area contributed by atoms with E-state index in [1.54, 1.807) is 22.3 Å².